The first-order valence-corrected chi connectivity index (χ1v) is 6.82. The molecule has 0 aliphatic rings. The summed E-state index contributed by atoms with van der Waals surface area (Å²) in [7, 11) is 0. The average molecular weight is 242 g/mol. The standard InChI is InChI=1S/C14H26O3/c1-5-8-10-11(4)13(15)17-14(16)12(7-3)9-6-2/h11-12H,5-10H2,1-4H3. The molecule has 0 N–H and O–H groups in total. The Labute approximate surface area is 105 Å². The van der Waals surface area contributed by atoms with Gasteiger partial charge in [0.05, 0.1) is 11.8 Å². The van der Waals surface area contributed by atoms with Crippen LogP contribution in [0.3, 0.4) is 0 Å². The van der Waals surface area contributed by atoms with Gasteiger partial charge in [-0.15, -0.1) is 0 Å². The molecule has 2 atom stereocenters. The summed E-state index contributed by atoms with van der Waals surface area (Å²) in [5.74, 6) is -0.999. The number of hydrogen-bond acceptors (Lipinski definition) is 3. The summed E-state index contributed by atoms with van der Waals surface area (Å²) in [6.45, 7) is 7.89. The zero-order chi connectivity index (χ0) is 13.3. The van der Waals surface area contributed by atoms with Crippen LogP contribution in [0.15, 0.2) is 0 Å². The van der Waals surface area contributed by atoms with Crippen molar-refractivity contribution < 1.29 is 14.3 Å². The van der Waals surface area contributed by atoms with Crippen LogP contribution in [0.2, 0.25) is 0 Å². The first-order valence-electron chi connectivity index (χ1n) is 6.82. The highest BCUT2D eigenvalue weighted by molar-refractivity contribution is 5.87. The lowest BCUT2D eigenvalue weighted by atomic mass is 10.0. The van der Waals surface area contributed by atoms with Gasteiger partial charge in [-0.25, -0.2) is 0 Å². The highest BCUT2D eigenvalue weighted by Crippen LogP contribution is 2.15. The van der Waals surface area contributed by atoms with Crippen molar-refractivity contribution in [2.45, 2.75) is 66.2 Å². The van der Waals surface area contributed by atoms with Crippen molar-refractivity contribution in [2.75, 3.05) is 0 Å². The first kappa shape index (κ1) is 16.1. The summed E-state index contributed by atoms with van der Waals surface area (Å²) >= 11 is 0. The Morgan fingerprint density at radius 1 is 1.00 bits per heavy atom. The van der Waals surface area contributed by atoms with Crippen molar-refractivity contribution in [1.29, 1.82) is 0 Å². The fourth-order valence-corrected chi connectivity index (χ4v) is 1.75. The van der Waals surface area contributed by atoms with Crippen LogP contribution in [0.4, 0.5) is 0 Å². The summed E-state index contributed by atoms with van der Waals surface area (Å²) in [6.07, 6.45) is 5.32. The van der Waals surface area contributed by atoms with Gasteiger partial charge in [-0.1, -0.05) is 47.0 Å². The van der Waals surface area contributed by atoms with E-state index in [1.807, 2.05) is 20.8 Å². The molecule has 0 bridgehead atoms. The van der Waals surface area contributed by atoms with E-state index in [-0.39, 0.29) is 23.8 Å². The van der Waals surface area contributed by atoms with Gasteiger partial charge in [0.25, 0.3) is 0 Å². The van der Waals surface area contributed by atoms with Crippen molar-refractivity contribution in [3.63, 3.8) is 0 Å². The summed E-state index contributed by atoms with van der Waals surface area (Å²) in [5.41, 5.74) is 0. The third-order valence-electron chi connectivity index (χ3n) is 3.06. The van der Waals surface area contributed by atoms with E-state index >= 15 is 0 Å². The van der Waals surface area contributed by atoms with Crippen LogP contribution in [0.25, 0.3) is 0 Å². The quantitative estimate of drug-likeness (QED) is 0.481. The van der Waals surface area contributed by atoms with Crippen LogP contribution in [0.5, 0.6) is 0 Å². The molecule has 0 aromatic rings. The van der Waals surface area contributed by atoms with E-state index in [1.165, 1.54) is 0 Å². The molecular formula is C14H26O3. The Morgan fingerprint density at radius 2 is 1.65 bits per heavy atom. The van der Waals surface area contributed by atoms with Crippen molar-refractivity contribution in [2.24, 2.45) is 11.8 Å². The van der Waals surface area contributed by atoms with Crippen molar-refractivity contribution >= 4 is 11.9 Å². The topological polar surface area (TPSA) is 43.4 Å². The van der Waals surface area contributed by atoms with Gasteiger partial charge < -0.3 is 4.74 Å². The maximum Gasteiger partial charge on any atom is 0.316 e. The summed E-state index contributed by atoms with van der Waals surface area (Å²) in [6, 6.07) is 0. The predicted molar refractivity (Wildman–Crippen MR) is 68.5 cm³/mol. The van der Waals surface area contributed by atoms with E-state index in [4.69, 9.17) is 4.74 Å². The van der Waals surface area contributed by atoms with E-state index in [1.54, 1.807) is 0 Å². The highest BCUT2D eigenvalue weighted by Gasteiger charge is 2.23. The molecule has 3 nitrogen and oxygen atoms in total. The van der Waals surface area contributed by atoms with E-state index in [0.717, 1.165) is 38.5 Å². The minimum Gasteiger partial charge on any atom is -0.393 e. The maximum atomic E-state index is 11.7. The van der Waals surface area contributed by atoms with Gasteiger partial charge in [0.2, 0.25) is 0 Å². The maximum absolute atomic E-state index is 11.7. The van der Waals surface area contributed by atoms with E-state index in [9.17, 15) is 9.59 Å². The van der Waals surface area contributed by atoms with Crippen LogP contribution < -0.4 is 0 Å². The van der Waals surface area contributed by atoms with Gasteiger partial charge in [-0.05, 0) is 19.3 Å². The lowest BCUT2D eigenvalue weighted by molar-refractivity contribution is -0.165. The molecular weight excluding hydrogens is 216 g/mol. The SMILES string of the molecule is CCCCC(C)C(=O)OC(=O)C(CC)CCC. The van der Waals surface area contributed by atoms with E-state index < -0.39 is 0 Å². The zero-order valence-corrected chi connectivity index (χ0v) is 11.6. The number of carbonyl (C=O) groups excluding carboxylic acids is 2. The normalized spacial score (nSPS) is 14.1. The van der Waals surface area contributed by atoms with Crippen molar-refractivity contribution in [3.05, 3.63) is 0 Å². The minimum atomic E-state index is -0.363. The Hall–Kier alpha value is -0.860. The van der Waals surface area contributed by atoms with Crippen LogP contribution >= 0.6 is 0 Å². The van der Waals surface area contributed by atoms with Gasteiger partial charge in [0, 0.05) is 0 Å². The van der Waals surface area contributed by atoms with Gasteiger partial charge in [0.1, 0.15) is 0 Å². The van der Waals surface area contributed by atoms with Gasteiger partial charge in [-0.2, -0.15) is 0 Å². The highest BCUT2D eigenvalue weighted by atomic mass is 16.6. The Kier molecular flexibility index (Phi) is 8.73. The minimum absolute atomic E-state index is 0.123. The van der Waals surface area contributed by atoms with E-state index in [2.05, 4.69) is 6.92 Å². The molecule has 0 radical (unpaired) electrons. The predicted octanol–water partition coefficient (Wildman–Crippen LogP) is 3.71. The molecule has 2 unspecified atom stereocenters. The van der Waals surface area contributed by atoms with Crippen LogP contribution in [0, 0.1) is 11.8 Å². The monoisotopic (exact) mass is 242 g/mol. The zero-order valence-electron chi connectivity index (χ0n) is 11.6. The Balaban J connectivity index is 4.12. The van der Waals surface area contributed by atoms with E-state index in [0.29, 0.717) is 0 Å². The van der Waals surface area contributed by atoms with Gasteiger partial charge in [0.15, 0.2) is 0 Å². The number of hydrogen-bond donors (Lipinski definition) is 0. The second kappa shape index (κ2) is 9.20. The number of unbranched alkanes of at least 4 members (excludes halogenated alkanes) is 1. The molecule has 0 aromatic heterocycles. The van der Waals surface area contributed by atoms with Crippen molar-refractivity contribution in [3.8, 4) is 0 Å². The lowest BCUT2D eigenvalue weighted by Gasteiger charge is -2.14. The third-order valence-corrected chi connectivity index (χ3v) is 3.06. The van der Waals surface area contributed by atoms with Crippen molar-refractivity contribution in [1.82, 2.24) is 0 Å². The van der Waals surface area contributed by atoms with Gasteiger partial charge >= 0.3 is 11.9 Å². The second-order valence-electron chi connectivity index (χ2n) is 4.68. The number of esters is 2. The molecule has 0 aliphatic heterocycles. The molecule has 100 valence electrons. The molecule has 0 aliphatic carbocycles. The molecule has 0 aromatic carbocycles. The van der Waals surface area contributed by atoms with Gasteiger partial charge in [-0.3, -0.25) is 9.59 Å². The smallest absolute Gasteiger partial charge is 0.316 e. The molecule has 0 heterocycles. The molecule has 0 amide bonds. The second-order valence-corrected chi connectivity index (χ2v) is 4.68. The average Bonchev–Trinajstić information content (AvgIpc) is 2.32. The molecule has 0 rings (SSSR count). The third kappa shape index (κ3) is 6.44. The summed E-state index contributed by atoms with van der Waals surface area (Å²) < 4.78 is 4.94. The number of ether oxygens (including phenoxy) is 1. The Morgan fingerprint density at radius 3 is 2.12 bits per heavy atom. The Bertz CT molecular complexity index is 236. The molecule has 17 heavy (non-hydrogen) atoms. The summed E-state index contributed by atoms with van der Waals surface area (Å²) in [5, 5.41) is 0. The van der Waals surface area contributed by atoms with Crippen LogP contribution in [-0.2, 0) is 14.3 Å². The fraction of sp³-hybridized carbons (Fsp3) is 0.857. The molecule has 0 spiro atoms. The fourth-order valence-electron chi connectivity index (χ4n) is 1.75. The summed E-state index contributed by atoms with van der Waals surface area (Å²) in [4.78, 5) is 23.4. The first-order chi connectivity index (χ1) is 8.06. The molecule has 0 fully saturated rings. The largest absolute Gasteiger partial charge is 0.393 e. The molecule has 3 heteroatoms. The van der Waals surface area contributed by atoms with Crippen LogP contribution in [0.1, 0.15) is 66.2 Å². The molecule has 0 saturated carbocycles. The lowest BCUT2D eigenvalue weighted by Crippen LogP contribution is -2.24. The number of carbonyl (C=O) groups is 2. The molecule has 0 saturated heterocycles. The number of rotatable bonds is 8. The van der Waals surface area contributed by atoms with Crippen LogP contribution in [-0.4, -0.2) is 11.9 Å².